The Labute approximate surface area is 163 Å². The van der Waals surface area contributed by atoms with Crippen molar-refractivity contribution >= 4 is 23.0 Å². The highest BCUT2D eigenvalue weighted by Crippen LogP contribution is 2.18. The molecule has 0 saturated heterocycles. The number of aromatic nitrogens is 2. The van der Waals surface area contributed by atoms with E-state index >= 15 is 0 Å². The first kappa shape index (κ1) is 17.8. The van der Waals surface area contributed by atoms with Crippen LogP contribution in [-0.2, 0) is 13.1 Å². The molecule has 0 fully saturated rings. The first-order chi connectivity index (χ1) is 13.7. The third kappa shape index (κ3) is 3.74. The van der Waals surface area contributed by atoms with Crippen LogP contribution in [0.25, 0.3) is 17.1 Å². The summed E-state index contributed by atoms with van der Waals surface area (Å²) < 4.78 is 7.37. The van der Waals surface area contributed by atoms with Gasteiger partial charge in [-0.15, -0.1) is 0 Å². The van der Waals surface area contributed by atoms with Crippen LogP contribution in [0.1, 0.15) is 21.9 Å². The highest BCUT2D eigenvalue weighted by atomic mass is 16.3. The number of hydrogen-bond acceptors (Lipinski definition) is 3. The highest BCUT2D eigenvalue weighted by Gasteiger charge is 2.18. The molecule has 4 rings (SSSR count). The number of imidazole rings is 1. The van der Waals surface area contributed by atoms with E-state index in [9.17, 15) is 4.79 Å². The number of fused-ring (bicyclic) bond motifs is 1. The topological polar surface area (TPSA) is 51.3 Å². The molecule has 2 aromatic carbocycles. The van der Waals surface area contributed by atoms with Gasteiger partial charge in [-0.2, -0.15) is 0 Å². The van der Waals surface area contributed by atoms with E-state index in [0.717, 1.165) is 22.4 Å². The van der Waals surface area contributed by atoms with Crippen LogP contribution in [0.4, 0.5) is 0 Å². The molecule has 0 unspecified atom stereocenters. The number of para-hydroxylation sites is 2. The van der Waals surface area contributed by atoms with E-state index in [1.165, 1.54) is 6.26 Å². The maximum atomic E-state index is 12.5. The van der Waals surface area contributed by atoms with Gasteiger partial charge in [-0.3, -0.25) is 4.79 Å². The zero-order chi connectivity index (χ0) is 19.3. The van der Waals surface area contributed by atoms with Gasteiger partial charge < -0.3 is 13.9 Å². The Kier molecular flexibility index (Phi) is 5.06. The van der Waals surface area contributed by atoms with E-state index in [-0.39, 0.29) is 5.91 Å². The van der Waals surface area contributed by atoms with Crippen molar-refractivity contribution in [3.8, 4) is 0 Å². The summed E-state index contributed by atoms with van der Waals surface area (Å²) in [4.78, 5) is 18.9. The highest BCUT2D eigenvalue weighted by molar-refractivity contribution is 5.91. The van der Waals surface area contributed by atoms with Crippen molar-refractivity contribution in [3.05, 3.63) is 96.2 Å². The van der Waals surface area contributed by atoms with E-state index < -0.39 is 0 Å². The van der Waals surface area contributed by atoms with Gasteiger partial charge in [0.05, 0.1) is 23.8 Å². The third-order valence-corrected chi connectivity index (χ3v) is 4.59. The number of amides is 1. The fourth-order valence-corrected chi connectivity index (χ4v) is 3.18. The van der Waals surface area contributed by atoms with Crippen molar-refractivity contribution < 1.29 is 9.21 Å². The third-order valence-electron chi connectivity index (χ3n) is 4.59. The number of benzene rings is 2. The summed E-state index contributed by atoms with van der Waals surface area (Å²) >= 11 is 0. The van der Waals surface area contributed by atoms with Crippen LogP contribution in [0.5, 0.6) is 0 Å². The Morgan fingerprint density at radius 1 is 1.07 bits per heavy atom. The molecule has 0 aliphatic carbocycles. The van der Waals surface area contributed by atoms with Crippen LogP contribution in [0.2, 0.25) is 0 Å². The second-order valence-electron chi connectivity index (χ2n) is 6.58. The van der Waals surface area contributed by atoms with Crippen LogP contribution < -0.4 is 0 Å². The Bertz CT molecular complexity index is 1100. The van der Waals surface area contributed by atoms with Gasteiger partial charge in [0.15, 0.2) is 5.76 Å². The van der Waals surface area contributed by atoms with Crippen molar-refractivity contribution in [2.45, 2.75) is 13.1 Å². The molecular formula is C23H21N3O2. The predicted octanol–water partition coefficient (Wildman–Crippen LogP) is 4.61. The van der Waals surface area contributed by atoms with Crippen LogP contribution in [-0.4, -0.2) is 27.4 Å². The van der Waals surface area contributed by atoms with Gasteiger partial charge >= 0.3 is 0 Å². The van der Waals surface area contributed by atoms with Crippen molar-refractivity contribution in [2.75, 3.05) is 7.05 Å². The number of carbonyl (C=O) groups excluding carboxylic acids is 1. The molecule has 1 amide bonds. The summed E-state index contributed by atoms with van der Waals surface area (Å²) in [7, 11) is 1.76. The van der Waals surface area contributed by atoms with Crippen molar-refractivity contribution in [1.29, 1.82) is 0 Å². The summed E-state index contributed by atoms with van der Waals surface area (Å²) in [6, 6.07) is 21.6. The number of allylic oxidation sites excluding steroid dienone is 1. The first-order valence-corrected chi connectivity index (χ1v) is 9.17. The number of furan rings is 1. The average Bonchev–Trinajstić information content (AvgIpc) is 3.37. The average molecular weight is 371 g/mol. The van der Waals surface area contributed by atoms with Crippen LogP contribution in [0.3, 0.4) is 0 Å². The minimum absolute atomic E-state index is 0.163. The first-order valence-electron chi connectivity index (χ1n) is 9.17. The molecule has 0 bridgehead atoms. The monoisotopic (exact) mass is 371 g/mol. The second kappa shape index (κ2) is 7.96. The predicted molar refractivity (Wildman–Crippen MR) is 110 cm³/mol. The molecule has 5 heteroatoms. The Morgan fingerprint density at radius 3 is 2.64 bits per heavy atom. The summed E-state index contributed by atoms with van der Waals surface area (Å²) in [5.41, 5.74) is 3.12. The zero-order valence-corrected chi connectivity index (χ0v) is 15.7. The van der Waals surface area contributed by atoms with Gasteiger partial charge in [0.1, 0.15) is 5.82 Å². The maximum absolute atomic E-state index is 12.5. The van der Waals surface area contributed by atoms with Crippen molar-refractivity contribution in [3.63, 3.8) is 0 Å². The zero-order valence-electron chi connectivity index (χ0n) is 15.7. The molecule has 0 saturated carbocycles. The Morgan fingerprint density at radius 2 is 1.86 bits per heavy atom. The van der Waals surface area contributed by atoms with Crippen LogP contribution >= 0.6 is 0 Å². The number of hydrogen-bond donors (Lipinski definition) is 0. The lowest BCUT2D eigenvalue weighted by Gasteiger charge is -2.16. The summed E-state index contributed by atoms with van der Waals surface area (Å²) in [6.07, 6.45) is 5.71. The van der Waals surface area contributed by atoms with E-state index in [2.05, 4.69) is 34.9 Å². The summed E-state index contributed by atoms with van der Waals surface area (Å²) in [5.74, 6) is 0.999. The molecule has 28 heavy (non-hydrogen) atoms. The largest absolute Gasteiger partial charge is 0.459 e. The van der Waals surface area contributed by atoms with Crippen molar-refractivity contribution in [1.82, 2.24) is 14.5 Å². The van der Waals surface area contributed by atoms with Gasteiger partial charge in [0.25, 0.3) is 5.91 Å². The van der Waals surface area contributed by atoms with Crippen LogP contribution in [0.15, 0.2) is 83.5 Å². The van der Waals surface area contributed by atoms with Gasteiger partial charge in [-0.25, -0.2) is 4.98 Å². The summed E-state index contributed by atoms with van der Waals surface area (Å²) in [5, 5.41) is 0. The quantitative estimate of drug-likeness (QED) is 0.497. The minimum Gasteiger partial charge on any atom is -0.459 e. The number of rotatable bonds is 6. The van der Waals surface area contributed by atoms with Gasteiger partial charge in [-0.1, -0.05) is 54.6 Å². The van der Waals surface area contributed by atoms with E-state index in [1.54, 1.807) is 24.1 Å². The molecule has 140 valence electrons. The van der Waals surface area contributed by atoms with Crippen molar-refractivity contribution in [2.24, 2.45) is 0 Å². The molecule has 2 aromatic heterocycles. The number of nitrogens with zero attached hydrogens (tertiary/aromatic N) is 3. The molecule has 5 nitrogen and oxygen atoms in total. The standard InChI is InChI=1S/C23H21N3O2/c1-25(23(27)21-14-8-16-28-21)17-22-24-19-12-5-6-13-20(19)26(22)15-7-11-18-9-3-2-4-10-18/h2-14,16H,15,17H2,1H3. The van der Waals surface area contributed by atoms with Gasteiger partial charge in [0, 0.05) is 13.6 Å². The molecule has 0 spiro atoms. The molecule has 0 aliphatic rings. The molecule has 0 atom stereocenters. The second-order valence-corrected chi connectivity index (χ2v) is 6.58. The lowest BCUT2D eigenvalue weighted by molar-refractivity contribution is 0.0749. The van der Waals surface area contributed by atoms with E-state index in [1.807, 2.05) is 36.4 Å². The summed E-state index contributed by atoms with van der Waals surface area (Å²) in [6.45, 7) is 1.07. The van der Waals surface area contributed by atoms with Crippen LogP contribution in [0, 0.1) is 0 Å². The molecule has 2 heterocycles. The lowest BCUT2D eigenvalue weighted by Crippen LogP contribution is -2.27. The molecule has 0 aliphatic heterocycles. The fourth-order valence-electron chi connectivity index (χ4n) is 3.18. The molecule has 0 radical (unpaired) electrons. The van der Waals surface area contributed by atoms with Gasteiger partial charge in [0.2, 0.25) is 0 Å². The number of carbonyl (C=O) groups is 1. The normalized spacial score (nSPS) is 11.3. The van der Waals surface area contributed by atoms with E-state index in [0.29, 0.717) is 18.8 Å². The molecule has 4 aromatic rings. The smallest absolute Gasteiger partial charge is 0.289 e. The van der Waals surface area contributed by atoms with E-state index in [4.69, 9.17) is 9.40 Å². The fraction of sp³-hybridized carbons (Fsp3) is 0.130. The Hall–Kier alpha value is -3.60. The molecular weight excluding hydrogens is 350 g/mol. The molecule has 0 N–H and O–H groups in total. The van der Waals surface area contributed by atoms with Gasteiger partial charge in [-0.05, 0) is 29.8 Å². The SMILES string of the molecule is CN(Cc1nc2ccccc2n1CC=Cc1ccccc1)C(=O)c1ccco1. The minimum atomic E-state index is -0.163. The Balaban J connectivity index is 1.60. The maximum Gasteiger partial charge on any atom is 0.289 e. The lowest BCUT2D eigenvalue weighted by atomic mass is 10.2.